The van der Waals surface area contributed by atoms with Gasteiger partial charge >= 0.3 is 0 Å². The van der Waals surface area contributed by atoms with E-state index in [1.165, 1.54) is 4.52 Å². The fourth-order valence-corrected chi connectivity index (χ4v) is 3.65. The van der Waals surface area contributed by atoms with Crippen molar-refractivity contribution >= 4 is 16.6 Å². The van der Waals surface area contributed by atoms with E-state index in [4.69, 9.17) is 4.74 Å². The number of nitrogens with one attached hydrogen (secondary N) is 1. The number of ether oxygens (including phenoxy) is 1. The highest BCUT2D eigenvalue weighted by molar-refractivity contribution is 5.85. The van der Waals surface area contributed by atoms with Gasteiger partial charge in [-0.15, -0.1) is 0 Å². The minimum atomic E-state index is -0.178. The van der Waals surface area contributed by atoms with E-state index in [1.54, 1.807) is 19.4 Å². The van der Waals surface area contributed by atoms with Crippen molar-refractivity contribution in [1.29, 1.82) is 0 Å². The average Bonchev–Trinajstić information content (AvgIpc) is 3.10. The summed E-state index contributed by atoms with van der Waals surface area (Å²) in [5.74, 6) is 0.779. The summed E-state index contributed by atoms with van der Waals surface area (Å²) in [5.41, 5.74) is 5.71. The number of fused-ring (bicyclic) bond motifs is 2. The number of aromatic nitrogens is 4. The number of aromatic amines is 1. The summed E-state index contributed by atoms with van der Waals surface area (Å²) in [7, 11) is 1.64. The number of benzene rings is 2. The minimum absolute atomic E-state index is 0.178. The van der Waals surface area contributed by atoms with Crippen LogP contribution in [0.25, 0.3) is 38.9 Å². The van der Waals surface area contributed by atoms with Gasteiger partial charge in [0.15, 0.2) is 0 Å². The van der Waals surface area contributed by atoms with E-state index in [0.29, 0.717) is 5.65 Å². The first-order chi connectivity index (χ1) is 14.1. The molecule has 0 fully saturated rings. The van der Waals surface area contributed by atoms with Crippen LogP contribution < -0.4 is 10.3 Å². The first-order valence-corrected chi connectivity index (χ1v) is 9.26. The molecule has 142 valence electrons. The Morgan fingerprint density at radius 2 is 1.79 bits per heavy atom. The third-order valence-corrected chi connectivity index (χ3v) is 5.08. The average molecular weight is 382 g/mol. The number of H-pyrrole nitrogens is 1. The molecule has 5 aromatic rings. The number of hydrogen-bond acceptors (Lipinski definition) is 4. The van der Waals surface area contributed by atoms with Crippen LogP contribution in [-0.4, -0.2) is 26.7 Å². The van der Waals surface area contributed by atoms with Crippen LogP contribution in [0.3, 0.4) is 0 Å². The highest BCUT2D eigenvalue weighted by Crippen LogP contribution is 2.29. The fraction of sp³-hybridized carbons (Fsp3) is 0.0870. The Kier molecular flexibility index (Phi) is 3.91. The molecule has 0 atom stereocenters. The molecule has 6 heteroatoms. The maximum atomic E-state index is 12.8. The van der Waals surface area contributed by atoms with E-state index in [0.717, 1.165) is 44.7 Å². The van der Waals surface area contributed by atoms with Crippen LogP contribution in [0.5, 0.6) is 5.75 Å². The second-order valence-corrected chi connectivity index (χ2v) is 6.88. The lowest BCUT2D eigenvalue weighted by atomic mass is 10.1. The first-order valence-electron chi connectivity index (χ1n) is 9.26. The number of nitrogens with zero attached hydrogens (tertiary/aromatic N) is 3. The standard InChI is InChI=1S/C23H18N4O2/c1-14-22(15-5-8-18(29-2)9-6-15)23-25-20(13-21(28)27(23)26-14)17-7-10-19-16(12-17)4-3-11-24-19/h3-13,25H,1-2H3. The zero-order chi connectivity index (χ0) is 20.0. The molecule has 0 aliphatic carbocycles. The van der Waals surface area contributed by atoms with Crippen LogP contribution in [0.1, 0.15) is 5.69 Å². The Morgan fingerprint density at radius 3 is 2.59 bits per heavy atom. The van der Waals surface area contributed by atoms with E-state index in [-0.39, 0.29) is 5.56 Å². The van der Waals surface area contributed by atoms with E-state index in [1.807, 2.05) is 61.5 Å². The van der Waals surface area contributed by atoms with Crippen molar-refractivity contribution in [2.24, 2.45) is 0 Å². The van der Waals surface area contributed by atoms with Crippen LogP contribution in [0, 0.1) is 6.92 Å². The van der Waals surface area contributed by atoms with Crippen molar-refractivity contribution < 1.29 is 4.74 Å². The van der Waals surface area contributed by atoms with Gasteiger partial charge in [0.1, 0.15) is 11.4 Å². The normalized spacial score (nSPS) is 11.2. The number of rotatable bonds is 3. The van der Waals surface area contributed by atoms with Crippen LogP contribution >= 0.6 is 0 Å². The predicted octanol–water partition coefficient (Wildman–Crippen LogP) is 4.22. The number of hydrogen-bond donors (Lipinski definition) is 1. The Balaban J connectivity index is 1.72. The quantitative estimate of drug-likeness (QED) is 0.507. The van der Waals surface area contributed by atoms with E-state index < -0.39 is 0 Å². The smallest absolute Gasteiger partial charge is 0.274 e. The van der Waals surface area contributed by atoms with Crippen molar-refractivity contribution in [3.05, 3.63) is 82.9 Å². The molecule has 0 saturated carbocycles. The van der Waals surface area contributed by atoms with Gasteiger partial charge in [0.25, 0.3) is 5.56 Å². The molecule has 0 aliphatic heterocycles. The minimum Gasteiger partial charge on any atom is -0.497 e. The molecule has 0 spiro atoms. The molecule has 29 heavy (non-hydrogen) atoms. The highest BCUT2D eigenvalue weighted by Gasteiger charge is 2.15. The van der Waals surface area contributed by atoms with E-state index in [9.17, 15) is 4.79 Å². The predicted molar refractivity (Wildman–Crippen MR) is 113 cm³/mol. The number of aryl methyl sites for hydroxylation is 1. The van der Waals surface area contributed by atoms with Crippen LogP contribution in [0.15, 0.2) is 71.7 Å². The van der Waals surface area contributed by atoms with Crippen molar-refractivity contribution in [3.8, 4) is 28.1 Å². The van der Waals surface area contributed by atoms with Crippen LogP contribution in [0.4, 0.5) is 0 Å². The fourth-order valence-electron chi connectivity index (χ4n) is 3.65. The highest BCUT2D eigenvalue weighted by atomic mass is 16.5. The van der Waals surface area contributed by atoms with Crippen molar-refractivity contribution in [2.75, 3.05) is 7.11 Å². The molecule has 0 bridgehead atoms. The molecule has 0 radical (unpaired) electrons. The van der Waals surface area contributed by atoms with E-state index in [2.05, 4.69) is 15.1 Å². The Bertz CT molecular complexity index is 1420. The second kappa shape index (κ2) is 6.60. The molecule has 2 aromatic carbocycles. The summed E-state index contributed by atoms with van der Waals surface area (Å²) in [6, 6.07) is 19.2. The summed E-state index contributed by atoms with van der Waals surface area (Å²) in [5, 5.41) is 5.47. The molecule has 3 aromatic heterocycles. The largest absolute Gasteiger partial charge is 0.497 e. The third kappa shape index (κ3) is 2.86. The van der Waals surface area contributed by atoms with Gasteiger partial charge < -0.3 is 9.72 Å². The number of methoxy groups -OCH3 is 1. The summed E-state index contributed by atoms with van der Waals surface area (Å²) in [4.78, 5) is 20.6. The number of pyridine rings is 1. The van der Waals surface area contributed by atoms with Crippen molar-refractivity contribution in [2.45, 2.75) is 6.92 Å². The topological polar surface area (TPSA) is 72.3 Å². The van der Waals surface area contributed by atoms with Gasteiger partial charge in [-0.05, 0) is 48.4 Å². The lowest BCUT2D eigenvalue weighted by molar-refractivity contribution is 0.415. The summed E-state index contributed by atoms with van der Waals surface area (Å²) < 4.78 is 6.67. The monoisotopic (exact) mass is 382 g/mol. The summed E-state index contributed by atoms with van der Waals surface area (Å²) >= 11 is 0. The lowest BCUT2D eigenvalue weighted by Crippen LogP contribution is -2.14. The Labute approximate surface area is 166 Å². The maximum Gasteiger partial charge on any atom is 0.274 e. The van der Waals surface area contributed by atoms with E-state index >= 15 is 0 Å². The molecule has 0 amide bonds. The summed E-state index contributed by atoms with van der Waals surface area (Å²) in [6.45, 7) is 1.90. The SMILES string of the molecule is COc1ccc(-c2c(C)nn3c(=O)cc(-c4ccc5ncccc5c4)[nH]c23)cc1. The maximum absolute atomic E-state index is 12.8. The third-order valence-electron chi connectivity index (χ3n) is 5.08. The molecule has 5 rings (SSSR count). The van der Waals surface area contributed by atoms with Crippen LogP contribution in [0.2, 0.25) is 0 Å². The molecule has 1 N–H and O–H groups in total. The van der Waals surface area contributed by atoms with Crippen molar-refractivity contribution in [3.63, 3.8) is 0 Å². The van der Waals surface area contributed by atoms with Gasteiger partial charge in [0.05, 0.1) is 24.0 Å². The first kappa shape index (κ1) is 17.2. The Morgan fingerprint density at radius 1 is 1.00 bits per heavy atom. The van der Waals surface area contributed by atoms with Gasteiger partial charge in [-0.2, -0.15) is 9.61 Å². The molecule has 3 heterocycles. The molecular formula is C23H18N4O2. The van der Waals surface area contributed by atoms with Gasteiger partial charge in [-0.3, -0.25) is 9.78 Å². The molecule has 6 nitrogen and oxygen atoms in total. The van der Waals surface area contributed by atoms with Gasteiger partial charge in [-0.1, -0.05) is 24.3 Å². The van der Waals surface area contributed by atoms with Crippen molar-refractivity contribution in [1.82, 2.24) is 19.6 Å². The van der Waals surface area contributed by atoms with Gasteiger partial charge in [-0.25, -0.2) is 0 Å². The van der Waals surface area contributed by atoms with Gasteiger partial charge in [0.2, 0.25) is 0 Å². The zero-order valence-corrected chi connectivity index (χ0v) is 16.0. The molecule has 0 aliphatic rings. The Hall–Kier alpha value is -3.93. The summed E-state index contributed by atoms with van der Waals surface area (Å²) in [6.07, 6.45) is 1.77. The zero-order valence-electron chi connectivity index (χ0n) is 16.0. The molecular weight excluding hydrogens is 364 g/mol. The molecule has 0 unspecified atom stereocenters. The molecule has 0 saturated heterocycles. The van der Waals surface area contributed by atoms with Gasteiger partial charge in [0, 0.05) is 23.2 Å². The lowest BCUT2D eigenvalue weighted by Gasteiger charge is -2.07. The van der Waals surface area contributed by atoms with Crippen LogP contribution in [-0.2, 0) is 0 Å². The second-order valence-electron chi connectivity index (χ2n) is 6.88.